The fourth-order valence-corrected chi connectivity index (χ4v) is 2.12. The fraction of sp³-hybridized carbons (Fsp3) is 0.429. The van der Waals surface area contributed by atoms with Crippen molar-refractivity contribution in [1.82, 2.24) is 15.1 Å². The zero-order valence-corrected chi connectivity index (χ0v) is 11.7. The lowest BCUT2D eigenvalue weighted by atomic mass is 10.1. The Bertz CT molecular complexity index is 473. The van der Waals surface area contributed by atoms with Gasteiger partial charge in [0.15, 0.2) is 0 Å². The first kappa shape index (κ1) is 14.3. The summed E-state index contributed by atoms with van der Waals surface area (Å²) in [5.41, 5.74) is 1.27. The summed E-state index contributed by atoms with van der Waals surface area (Å²) in [6.45, 7) is 3.81. The average Bonchev–Trinajstić information content (AvgIpc) is 2.91. The van der Waals surface area contributed by atoms with Gasteiger partial charge in [-0.3, -0.25) is 10.1 Å². The maximum Gasteiger partial charge on any atom is 0.269 e. The Morgan fingerprint density at radius 1 is 1.20 bits per heavy atom. The summed E-state index contributed by atoms with van der Waals surface area (Å²) in [4.78, 5) is 14.7. The maximum absolute atomic E-state index is 10.6. The van der Waals surface area contributed by atoms with Crippen LogP contribution in [0.25, 0.3) is 0 Å². The molecule has 0 amide bonds. The van der Waals surface area contributed by atoms with E-state index in [4.69, 9.17) is 0 Å². The number of nitrogens with one attached hydrogen (secondary N) is 1. The molecular formula is C14H20N4O2. The lowest BCUT2D eigenvalue weighted by Gasteiger charge is -2.21. The van der Waals surface area contributed by atoms with Gasteiger partial charge in [-0.15, -0.1) is 0 Å². The van der Waals surface area contributed by atoms with Gasteiger partial charge in [0.2, 0.25) is 0 Å². The smallest absolute Gasteiger partial charge is 0.269 e. The van der Waals surface area contributed by atoms with Gasteiger partial charge in [0.1, 0.15) is 0 Å². The molecule has 1 N–H and O–H groups in total. The molecule has 0 atom stereocenters. The molecule has 0 bridgehead atoms. The molecule has 0 aromatic heterocycles. The van der Waals surface area contributed by atoms with E-state index in [1.165, 1.54) is 0 Å². The molecule has 6 heteroatoms. The van der Waals surface area contributed by atoms with Crippen molar-refractivity contribution in [2.45, 2.75) is 6.42 Å². The number of nitro groups is 1. The molecule has 0 saturated heterocycles. The highest BCUT2D eigenvalue weighted by molar-refractivity contribution is 5.32. The molecule has 1 aromatic rings. The molecule has 1 aromatic carbocycles. The number of benzene rings is 1. The summed E-state index contributed by atoms with van der Waals surface area (Å²) in [7, 11) is 1.95. The van der Waals surface area contributed by atoms with Gasteiger partial charge in [-0.1, -0.05) is 12.1 Å². The summed E-state index contributed by atoms with van der Waals surface area (Å²) in [5, 5.41) is 13.7. The van der Waals surface area contributed by atoms with E-state index in [2.05, 4.69) is 27.5 Å². The van der Waals surface area contributed by atoms with Crippen LogP contribution in [0.3, 0.4) is 0 Å². The lowest BCUT2D eigenvalue weighted by molar-refractivity contribution is -0.384. The summed E-state index contributed by atoms with van der Waals surface area (Å²) in [6.07, 6.45) is 5.09. The van der Waals surface area contributed by atoms with E-state index in [0.717, 1.165) is 38.3 Å². The quantitative estimate of drug-likeness (QED) is 0.602. The van der Waals surface area contributed by atoms with Crippen molar-refractivity contribution in [2.24, 2.45) is 0 Å². The molecule has 0 spiro atoms. The molecule has 6 nitrogen and oxygen atoms in total. The minimum Gasteiger partial charge on any atom is -0.358 e. The largest absolute Gasteiger partial charge is 0.358 e. The van der Waals surface area contributed by atoms with Crippen LogP contribution in [0.5, 0.6) is 0 Å². The van der Waals surface area contributed by atoms with Crippen molar-refractivity contribution in [3.05, 3.63) is 52.3 Å². The van der Waals surface area contributed by atoms with E-state index >= 15 is 0 Å². The molecular weight excluding hydrogens is 256 g/mol. The van der Waals surface area contributed by atoms with Gasteiger partial charge in [0.05, 0.1) is 11.6 Å². The van der Waals surface area contributed by atoms with Gasteiger partial charge in [-0.05, 0) is 19.0 Å². The molecule has 20 heavy (non-hydrogen) atoms. The van der Waals surface area contributed by atoms with Crippen LogP contribution >= 0.6 is 0 Å². The summed E-state index contributed by atoms with van der Waals surface area (Å²) < 4.78 is 0. The zero-order valence-electron chi connectivity index (χ0n) is 11.7. The predicted molar refractivity (Wildman–Crippen MR) is 78.1 cm³/mol. The Labute approximate surface area is 118 Å². The molecule has 2 rings (SSSR count). The third-order valence-corrected chi connectivity index (χ3v) is 3.34. The first-order valence-electron chi connectivity index (χ1n) is 6.73. The van der Waals surface area contributed by atoms with E-state index in [0.29, 0.717) is 0 Å². The number of rotatable bonds is 7. The second-order valence-electron chi connectivity index (χ2n) is 4.84. The van der Waals surface area contributed by atoms with Gasteiger partial charge >= 0.3 is 0 Å². The highest BCUT2D eigenvalue weighted by Crippen LogP contribution is 2.13. The Balaban J connectivity index is 1.76. The van der Waals surface area contributed by atoms with Crippen molar-refractivity contribution >= 4 is 5.69 Å². The number of non-ortho nitro benzene ring substituents is 1. The summed E-state index contributed by atoms with van der Waals surface area (Å²) >= 11 is 0. The van der Waals surface area contributed by atoms with Crippen molar-refractivity contribution in [3.63, 3.8) is 0 Å². The number of hydrogen-bond acceptors (Lipinski definition) is 5. The number of hydrogen-bond donors (Lipinski definition) is 1. The molecule has 0 aliphatic carbocycles. The molecule has 0 radical (unpaired) electrons. The second kappa shape index (κ2) is 6.91. The van der Waals surface area contributed by atoms with Crippen molar-refractivity contribution in [2.75, 3.05) is 33.4 Å². The Morgan fingerprint density at radius 3 is 2.45 bits per heavy atom. The first-order valence-corrected chi connectivity index (χ1v) is 6.73. The third-order valence-electron chi connectivity index (χ3n) is 3.34. The molecule has 108 valence electrons. The van der Waals surface area contributed by atoms with Gasteiger partial charge < -0.3 is 15.1 Å². The van der Waals surface area contributed by atoms with Crippen molar-refractivity contribution in [1.29, 1.82) is 0 Å². The number of nitrogens with zero attached hydrogens (tertiary/aromatic N) is 3. The number of nitro benzene ring substituents is 1. The number of likely N-dealkylation sites (N-methyl/N-ethyl adjacent to an activating group) is 1. The van der Waals surface area contributed by atoms with Crippen LogP contribution in [0.15, 0.2) is 36.7 Å². The SMILES string of the molecule is CNCCN1C=CN(CCc2ccc([N+](=O)[O-])cc2)C1. The van der Waals surface area contributed by atoms with Crippen molar-refractivity contribution < 1.29 is 4.92 Å². The summed E-state index contributed by atoms with van der Waals surface area (Å²) in [5.74, 6) is 0. The highest BCUT2D eigenvalue weighted by Gasteiger charge is 2.11. The lowest BCUT2D eigenvalue weighted by Crippen LogP contribution is -2.31. The maximum atomic E-state index is 10.6. The van der Waals surface area contributed by atoms with Crippen LogP contribution in [-0.4, -0.2) is 48.1 Å². The van der Waals surface area contributed by atoms with E-state index in [1.54, 1.807) is 12.1 Å². The molecule has 0 saturated carbocycles. The third kappa shape index (κ3) is 3.96. The Kier molecular flexibility index (Phi) is 4.95. The molecule has 0 fully saturated rings. The first-order chi connectivity index (χ1) is 9.69. The minimum absolute atomic E-state index is 0.146. The molecule has 0 unspecified atom stereocenters. The second-order valence-corrected chi connectivity index (χ2v) is 4.84. The van der Waals surface area contributed by atoms with E-state index in [-0.39, 0.29) is 10.6 Å². The van der Waals surface area contributed by atoms with Gasteiger partial charge in [0, 0.05) is 44.2 Å². The predicted octanol–water partition coefficient (Wildman–Crippen LogP) is 1.40. The minimum atomic E-state index is -0.368. The highest BCUT2D eigenvalue weighted by atomic mass is 16.6. The Hall–Kier alpha value is -2.08. The molecule has 1 heterocycles. The molecule has 1 aliphatic heterocycles. The fourth-order valence-electron chi connectivity index (χ4n) is 2.12. The van der Waals surface area contributed by atoms with Crippen LogP contribution < -0.4 is 5.32 Å². The zero-order chi connectivity index (χ0) is 14.4. The van der Waals surface area contributed by atoms with E-state index in [1.807, 2.05) is 19.2 Å². The van der Waals surface area contributed by atoms with E-state index in [9.17, 15) is 10.1 Å². The van der Waals surface area contributed by atoms with Crippen LogP contribution in [0.1, 0.15) is 5.56 Å². The van der Waals surface area contributed by atoms with Gasteiger partial charge in [-0.25, -0.2) is 0 Å². The molecule has 1 aliphatic rings. The average molecular weight is 276 g/mol. The standard InChI is InChI=1S/C14H20N4O2/c1-15-7-9-17-11-10-16(12-17)8-6-13-2-4-14(5-3-13)18(19)20/h2-5,10-11,15H,6-9,12H2,1H3. The van der Waals surface area contributed by atoms with Crippen LogP contribution in [-0.2, 0) is 6.42 Å². The Morgan fingerprint density at radius 2 is 1.85 bits per heavy atom. The van der Waals surface area contributed by atoms with Gasteiger partial charge in [-0.2, -0.15) is 0 Å². The van der Waals surface area contributed by atoms with Crippen LogP contribution in [0.2, 0.25) is 0 Å². The normalized spacial score (nSPS) is 14.1. The van der Waals surface area contributed by atoms with Crippen LogP contribution in [0, 0.1) is 10.1 Å². The van der Waals surface area contributed by atoms with E-state index < -0.39 is 0 Å². The van der Waals surface area contributed by atoms with Crippen LogP contribution in [0.4, 0.5) is 5.69 Å². The van der Waals surface area contributed by atoms with Crippen molar-refractivity contribution in [3.8, 4) is 0 Å². The summed E-state index contributed by atoms with van der Waals surface area (Å²) in [6, 6.07) is 6.79. The monoisotopic (exact) mass is 276 g/mol. The van der Waals surface area contributed by atoms with Gasteiger partial charge in [0.25, 0.3) is 5.69 Å². The topological polar surface area (TPSA) is 61.6 Å².